The SMILES string of the molecule is Cc1cc(Cl)ccc1C(c1ccc(Cl)cc1)C(C(N)=O)c1ccc(OCc2c(C)noc2C)cc1. The summed E-state index contributed by atoms with van der Waals surface area (Å²) < 4.78 is 11.1. The summed E-state index contributed by atoms with van der Waals surface area (Å²) in [6.45, 7) is 6.06. The summed E-state index contributed by atoms with van der Waals surface area (Å²) in [5.41, 5.74) is 11.4. The van der Waals surface area contributed by atoms with Gasteiger partial charge in [0.15, 0.2) is 0 Å². The van der Waals surface area contributed by atoms with Crippen LogP contribution in [0.4, 0.5) is 0 Å². The van der Waals surface area contributed by atoms with Crippen molar-refractivity contribution in [2.24, 2.45) is 5.73 Å². The maximum atomic E-state index is 12.9. The Morgan fingerprint density at radius 1 is 0.943 bits per heavy atom. The van der Waals surface area contributed by atoms with Gasteiger partial charge in [0.1, 0.15) is 18.1 Å². The lowest BCUT2D eigenvalue weighted by Gasteiger charge is -2.28. The zero-order valence-corrected chi connectivity index (χ0v) is 21.2. The molecule has 0 bridgehead atoms. The van der Waals surface area contributed by atoms with Crippen molar-refractivity contribution in [2.75, 3.05) is 0 Å². The molecule has 1 aromatic heterocycles. The van der Waals surface area contributed by atoms with Crippen molar-refractivity contribution in [2.45, 2.75) is 39.2 Å². The van der Waals surface area contributed by atoms with Gasteiger partial charge in [-0.15, -0.1) is 0 Å². The van der Waals surface area contributed by atoms with Crippen molar-refractivity contribution in [1.29, 1.82) is 0 Å². The number of hydrogen-bond donors (Lipinski definition) is 1. The van der Waals surface area contributed by atoms with Crippen LogP contribution in [0.5, 0.6) is 5.75 Å². The standard InChI is InChI=1S/C28H26Cl2N2O3/c1-16-14-22(30)10-13-24(16)26(19-4-8-21(29)9-5-19)27(28(31)33)20-6-11-23(12-7-20)34-15-25-17(2)32-35-18(25)3/h4-14,26-27H,15H2,1-3H3,(H2,31,33). The molecule has 4 rings (SSSR count). The molecule has 0 aliphatic carbocycles. The number of rotatable bonds is 8. The van der Waals surface area contributed by atoms with Crippen molar-refractivity contribution >= 4 is 29.1 Å². The Balaban J connectivity index is 1.69. The van der Waals surface area contributed by atoms with E-state index in [1.807, 2.05) is 87.5 Å². The van der Waals surface area contributed by atoms with Gasteiger partial charge in [0.2, 0.25) is 5.91 Å². The number of halogens is 2. The highest BCUT2D eigenvalue weighted by atomic mass is 35.5. The number of nitrogens with zero attached hydrogens (tertiary/aromatic N) is 1. The van der Waals surface area contributed by atoms with Gasteiger partial charge in [-0.3, -0.25) is 4.79 Å². The number of aryl methyl sites for hydroxylation is 3. The Hall–Kier alpha value is -3.28. The normalized spacial score (nSPS) is 12.8. The van der Waals surface area contributed by atoms with Gasteiger partial charge in [-0.2, -0.15) is 0 Å². The van der Waals surface area contributed by atoms with E-state index in [9.17, 15) is 4.79 Å². The minimum absolute atomic E-state index is 0.323. The first-order valence-electron chi connectivity index (χ1n) is 11.2. The molecule has 4 aromatic rings. The molecular weight excluding hydrogens is 483 g/mol. The highest BCUT2D eigenvalue weighted by Gasteiger charge is 2.32. The third kappa shape index (κ3) is 5.53. The fraction of sp³-hybridized carbons (Fsp3) is 0.214. The van der Waals surface area contributed by atoms with Gasteiger partial charge in [-0.25, -0.2) is 0 Å². The van der Waals surface area contributed by atoms with E-state index in [4.69, 9.17) is 38.2 Å². The van der Waals surface area contributed by atoms with Crippen LogP contribution in [0.1, 0.15) is 51.1 Å². The van der Waals surface area contributed by atoms with E-state index < -0.39 is 11.8 Å². The molecule has 0 radical (unpaired) electrons. The largest absolute Gasteiger partial charge is 0.489 e. The second-order valence-corrected chi connectivity index (χ2v) is 9.44. The third-order valence-corrected chi connectivity index (χ3v) is 6.73. The van der Waals surface area contributed by atoms with E-state index in [0.29, 0.717) is 22.4 Å². The van der Waals surface area contributed by atoms with E-state index in [1.54, 1.807) is 0 Å². The molecule has 2 unspecified atom stereocenters. The van der Waals surface area contributed by atoms with Crippen LogP contribution in [0.2, 0.25) is 10.0 Å². The van der Waals surface area contributed by atoms with Crippen molar-refractivity contribution in [3.05, 3.63) is 116 Å². The Morgan fingerprint density at radius 2 is 1.57 bits per heavy atom. The fourth-order valence-electron chi connectivity index (χ4n) is 4.37. The van der Waals surface area contributed by atoms with Crippen molar-refractivity contribution in [3.63, 3.8) is 0 Å². The predicted octanol–water partition coefficient (Wildman–Crippen LogP) is 6.89. The van der Waals surface area contributed by atoms with E-state index in [2.05, 4.69) is 5.16 Å². The number of primary amides is 1. The Morgan fingerprint density at radius 3 is 2.14 bits per heavy atom. The first kappa shape index (κ1) is 24.8. The zero-order chi connectivity index (χ0) is 25.1. The Labute approximate surface area is 214 Å². The first-order chi connectivity index (χ1) is 16.7. The van der Waals surface area contributed by atoms with Crippen LogP contribution >= 0.6 is 23.2 Å². The molecule has 7 heteroatoms. The zero-order valence-electron chi connectivity index (χ0n) is 19.7. The molecule has 35 heavy (non-hydrogen) atoms. The summed E-state index contributed by atoms with van der Waals surface area (Å²) in [6, 6.07) is 20.6. The summed E-state index contributed by atoms with van der Waals surface area (Å²) in [7, 11) is 0. The molecule has 5 nitrogen and oxygen atoms in total. The van der Waals surface area contributed by atoms with E-state index >= 15 is 0 Å². The van der Waals surface area contributed by atoms with Gasteiger partial charge in [-0.1, -0.05) is 58.7 Å². The first-order valence-corrected chi connectivity index (χ1v) is 12.0. The van der Waals surface area contributed by atoms with Crippen LogP contribution in [0, 0.1) is 20.8 Å². The number of nitrogens with two attached hydrogens (primary N) is 1. The molecule has 2 N–H and O–H groups in total. The maximum absolute atomic E-state index is 12.9. The van der Waals surface area contributed by atoms with Crippen LogP contribution in [0.3, 0.4) is 0 Å². The molecule has 1 heterocycles. The van der Waals surface area contributed by atoms with Gasteiger partial charge < -0.3 is 15.0 Å². The maximum Gasteiger partial charge on any atom is 0.225 e. The topological polar surface area (TPSA) is 78.4 Å². The minimum Gasteiger partial charge on any atom is -0.489 e. The molecule has 0 saturated carbocycles. The minimum atomic E-state index is -0.618. The summed E-state index contributed by atoms with van der Waals surface area (Å²) in [4.78, 5) is 12.9. The number of aromatic nitrogens is 1. The summed E-state index contributed by atoms with van der Waals surface area (Å²) in [6.07, 6.45) is 0. The number of hydrogen-bond acceptors (Lipinski definition) is 4. The number of carbonyl (C=O) groups is 1. The lowest BCUT2D eigenvalue weighted by Crippen LogP contribution is -2.28. The average molecular weight is 509 g/mol. The van der Waals surface area contributed by atoms with Crippen molar-refractivity contribution < 1.29 is 14.1 Å². The van der Waals surface area contributed by atoms with Crippen molar-refractivity contribution in [3.8, 4) is 5.75 Å². The fourth-order valence-corrected chi connectivity index (χ4v) is 4.72. The van der Waals surface area contributed by atoms with Crippen LogP contribution in [-0.2, 0) is 11.4 Å². The second kappa shape index (κ2) is 10.5. The number of ether oxygens (including phenoxy) is 1. The molecule has 1 amide bonds. The third-order valence-electron chi connectivity index (χ3n) is 6.24. The van der Waals surface area contributed by atoms with Crippen LogP contribution in [0.25, 0.3) is 0 Å². The lowest BCUT2D eigenvalue weighted by molar-refractivity contribution is -0.119. The summed E-state index contributed by atoms with van der Waals surface area (Å²) >= 11 is 12.4. The van der Waals surface area contributed by atoms with Crippen LogP contribution in [-0.4, -0.2) is 11.1 Å². The van der Waals surface area contributed by atoms with Gasteiger partial charge in [0, 0.05) is 16.0 Å². The molecule has 2 atom stereocenters. The summed E-state index contributed by atoms with van der Waals surface area (Å²) in [5.74, 6) is 0.0344. The van der Waals surface area contributed by atoms with Gasteiger partial charge in [-0.05, 0) is 79.4 Å². The molecular formula is C28H26Cl2N2O3. The number of benzene rings is 3. The number of amides is 1. The Kier molecular flexibility index (Phi) is 7.48. The highest BCUT2D eigenvalue weighted by molar-refractivity contribution is 6.30. The molecule has 0 fully saturated rings. The van der Waals surface area contributed by atoms with E-state index in [0.717, 1.165) is 39.3 Å². The number of carbonyl (C=O) groups excluding carboxylic acids is 1. The monoisotopic (exact) mass is 508 g/mol. The quantitative estimate of drug-likeness (QED) is 0.281. The van der Waals surface area contributed by atoms with E-state index in [1.165, 1.54) is 0 Å². The second-order valence-electron chi connectivity index (χ2n) is 8.57. The Bertz CT molecular complexity index is 1310. The molecule has 3 aromatic carbocycles. The molecule has 0 saturated heterocycles. The van der Waals surface area contributed by atoms with Crippen LogP contribution in [0.15, 0.2) is 71.3 Å². The molecule has 0 aliphatic rings. The predicted molar refractivity (Wildman–Crippen MR) is 138 cm³/mol. The molecule has 180 valence electrons. The molecule has 0 spiro atoms. The van der Waals surface area contributed by atoms with Gasteiger partial charge in [0.25, 0.3) is 0 Å². The summed E-state index contributed by atoms with van der Waals surface area (Å²) in [5, 5.41) is 5.21. The average Bonchev–Trinajstić information content (AvgIpc) is 3.14. The van der Waals surface area contributed by atoms with E-state index in [-0.39, 0.29) is 5.92 Å². The highest BCUT2D eigenvalue weighted by Crippen LogP contribution is 2.41. The van der Waals surface area contributed by atoms with Gasteiger partial charge in [0.05, 0.1) is 17.2 Å². The van der Waals surface area contributed by atoms with Crippen LogP contribution < -0.4 is 10.5 Å². The smallest absolute Gasteiger partial charge is 0.225 e. The van der Waals surface area contributed by atoms with Gasteiger partial charge >= 0.3 is 0 Å². The lowest BCUT2D eigenvalue weighted by atomic mass is 9.75. The molecule has 0 aliphatic heterocycles. The van der Waals surface area contributed by atoms with Crippen molar-refractivity contribution in [1.82, 2.24) is 5.16 Å².